The number of anilines is 3. The number of nitrogens with one attached hydrogen (secondary N) is 1. The molecule has 0 bridgehead atoms. The Hall–Kier alpha value is -1.49. The number of nitrogen functional groups attached to an aromatic ring is 1. The molecule has 3 aromatic rings. The maximum absolute atomic E-state index is 6.11. The smallest absolute Gasteiger partial charge is 0.188 e. The highest BCUT2D eigenvalue weighted by atomic mass is 35.5. The Morgan fingerprint density at radius 2 is 1.95 bits per heavy atom. The lowest BCUT2D eigenvalue weighted by molar-refractivity contribution is 1.44. The molecule has 0 amide bonds. The summed E-state index contributed by atoms with van der Waals surface area (Å²) in [5.74, 6) is 0. The van der Waals surface area contributed by atoms with Gasteiger partial charge in [-0.25, -0.2) is 4.98 Å². The van der Waals surface area contributed by atoms with Crippen molar-refractivity contribution in [3.8, 4) is 0 Å². The molecule has 1 heterocycles. The van der Waals surface area contributed by atoms with Gasteiger partial charge in [-0.3, -0.25) is 0 Å². The van der Waals surface area contributed by atoms with Gasteiger partial charge in [0.05, 0.1) is 20.9 Å². The zero-order valence-corrected chi connectivity index (χ0v) is 12.0. The average molecular weight is 310 g/mol. The van der Waals surface area contributed by atoms with Gasteiger partial charge in [0.25, 0.3) is 0 Å². The van der Waals surface area contributed by atoms with Crippen LogP contribution in [0.4, 0.5) is 16.5 Å². The van der Waals surface area contributed by atoms with Gasteiger partial charge in [-0.05, 0) is 36.4 Å². The van der Waals surface area contributed by atoms with Crippen LogP contribution in [0.3, 0.4) is 0 Å². The lowest BCUT2D eigenvalue weighted by Gasteiger charge is -2.04. The fourth-order valence-electron chi connectivity index (χ4n) is 1.70. The largest absolute Gasteiger partial charge is 0.399 e. The van der Waals surface area contributed by atoms with Crippen LogP contribution >= 0.6 is 34.5 Å². The Bertz CT molecular complexity index is 755. The van der Waals surface area contributed by atoms with Gasteiger partial charge in [-0.1, -0.05) is 34.5 Å². The molecule has 96 valence electrons. The molecule has 0 saturated heterocycles. The minimum atomic E-state index is 0.600. The number of nitrogens with two attached hydrogens (primary N) is 1. The molecule has 0 aliphatic rings. The van der Waals surface area contributed by atoms with Crippen LogP contribution < -0.4 is 11.1 Å². The van der Waals surface area contributed by atoms with Crippen LogP contribution in [0.5, 0.6) is 0 Å². The van der Waals surface area contributed by atoms with Gasteiger partial charge in [0.2, 0.25) is 0 Å². The molecule has 19 heavy (non-hydrogen) atoms. The van der Waals surface area contributed by atoms with Crippen LogP contribution in [0.15, 0.2) is 36.4 Å². The van der Waals surface area contributed by atoms with Gasteiger partial charge in [-0.2, -0.15) is 0 Å². The summed E-state index contributed by atoms with van der Waals surface area (Å²) < 4.78 is 1.03. The van der Waals surface area contributed by atoms with Crippen molar-refractivity contribution >= 4 is 61.3 Å². The van der Waals surface area contributed by atoms with E-state index in [1.165, 1.54) is 11.3 Å². The molecule has 0 saturated carbocycles. The molecule has 0 aliphatic carbocycles. The Morgan fingerprint density at radius 3 is 2.79 bits per heavy atom. The van der Waals surface area contributed by atoms with Crippen molar-refractivity contribution < 1.29 is 0 Å². The van der Waals surface area contributed by atoms with Gasteiger partial charge in [0.15, 0.2) is 5.13 Å². The number of hydrogen-bond acceptors (Lipinski definition) is 4. The van der Waals surface area contributed by atoms with E-state index in [1.807, 2.05) is 18.2 Å². The lowest BCUT2D eigenvalue weighted by Crippen LogP contribution is -1.90. The number of halogens is 2. The van der Waals surface area contributed by atoms with Crippen molar-refractivity contribution in [1.29, 1.82) is 0 Å². The Balaban J connectivity index is 1.98. The number of hydrogen-bond donors (Lipinski definition) is 2. The number of aromatic nitrogens is 1. The third-order valence-electron chi connectivity index (χ3n) is 2.58. The highest BCUT2D eigenvalue weighted by Gasteiger charge is 2.07. The summed E-state index contributed by atoms with van der Waals surface area (Å²) in [4.78, 5) is 4.47. The second kappa shape index (κ2) is 4.89. The van der Waals surface area contributed by atoms with Crippen molar-refractivity contribution in [1.82, 2.24) is 4.98 Å². The zero-order chi connectivity index (χ0) is 13.4. The fourth-order valence-corrected chi connectivity index (χ4v) is 2.97. The first kappa shape index (κ1) is 12.5. The number of benzene rings is 2. The summed E-state index contributed by atoms with van der Waals surface area (Å²) >= 11 is 13.6. The molecule has 3 N–H and O–H groups in total. The van der Waals surface area contributed by atoms with Gasteiger partial charge in [-0.15, -0.1) is 0 Å². The molecule has 3 rings (SSSR count). The minimum Gasteiger partial charge on any atom is -0.399 e. The summed E-state index contributed by atoms with van der Waals surface area (Å²) in [5, 5.41) is 5.15. The minimum absolute atomic E-state index is 0.600. The van der Waals surface area contributed by atoms with E-state index >= 15 is 0 Å². The highest BCUT2D eigenvalue weighted by molar-refractivity contribution is 7.22. The van der Waals surface area contributed by atoms with Crippen molar-refractivity contribution in [2.45, 2.75) is 0 Å². The maximum atomic E-state index is 6.11. The van der Waals surface area contributed by atoms with E-state index in [4.69, 9.17) is 28.9 Å². The molecule has 1 aromatic heterocycles. The molecule has 0 unspecified atom stereocenters. The number of fused-ring (bicyclic) bond motifs is 1. The molecular weight excluding hydrogens is 301 g/mol. The Morgan fingerprint density at radius 1 is 1.11 bits per heavy atom. The van der Waals surface area contributed by atoms with Crippen molar-refractivity contribution in [3.63, 3.8) is 0 Å². The average Bonchev–Trinajstić information content (AvgIpc) is 2.75. The van der Waals surface area contributed by atoms with E-state index in [9.17, 15) is 0 Å². The monoisotopic (exact) mass is 309 g/mol. The quantitative estimate of drug-likeness (QED) is 0.660. The lowest BCUT2D eigenvalue weighted by atomic mass is 10.3. The molecule has 2 aromatic carbocycles. The summed E-state index contributed by atoms with van der Waals surface area (Å²) in [6.45, 7) is 0. The zero-order valence-electron chi connectivity index (χ0n) is 9.65. The second-order valence-corrected chi connectivity index (χ2v) is 5.87. The van der Waals surface area contributed by atoms with Gasteiger partial charge in [0, 0.05) is 10.7 Å². The maximum Gasteiger partial charge on any atom is 0.188 e. The molecule has 0 aliphatic heterocycles. The molecule has 0 fully saturated rings. The molecular formula is C13H9Cl2N3S. The molecule has 0 radical (unpaired) electrons. The molecule has 0 atom stereocenters. The first-order chi connectivity index (χ1) is 9.11. The van der Waals surface area contributed by atoms with Crippen molar-refractivity contribution in [2.24, 2.45) is 0 Å². The summed E-state index contributed by atoms with van der Waals surface area (Å²) in [6, 6.07) is 10.9. The van der Waals surface area contributed by atoms with Gasteiger partial charge < -0.3 is 11.1 Å². The first-order valence-corrected chi connectivity index (χ1v) is 7.07. The van der Waals surface area contributed by atoms with Crippen LogP contribution in [0.2, 0.25) is 10.0 Å². The van der Waals surface area contributed by atoms with E-state index in [0.717, 1.165) is 26.7 Å². The molecule has 0 spiro atoms. The van der Waals surface area contributed by atoms with E-state index in [2.05, 4.69) is 10.3 Å². The number of thiazole rings is 1. The van der Waals surface area contributed by atoms with Crippen LogP contribution in [0.1, 0.15) is 0 Å². The summed E-state index contributed by atoms with van der Waals surface area (Å²) in [5.41, 5.74) is 8.11. The van der Waals surface area contributed by atoms with E-state index in [-0.39, 0.29) is 0 Å². The van der Waals surface area contributed by atoms with E-state index < -0.39 is 0 Å². The molecule has 3 nitrogen and oxygen atoms in total. The van der Waals surface area contributed by atoms with Crippen LogP contribution in [0, 0.1) is 0 Å². The standard InChI is InChI=1S/C13H9Cl2N3S/c14-7-1-3-9(15)11(5-7)18-13-17-10-4-2-8(16)6-12(10)19-13/h1-6H,16H2,(H,17,18). The van der Waals surface area contributed by atoms with Crippen LogP contribution in [-0.4, -0.2) is 4.98 Å². The normalized spacial score (nSPS) is 10.8. The topological polar surface area (TPSA) is 50.9 Å². The molecule has 6 heteroatoms. The van der Waals surface area contributed by atoms with E-state index in [0.29, 0.717) is 10.0 Å². The second-order valence-electron chi connectivity index (χ2n) is 4.00. The third kappa shape index (κ3) is 2.61. The Kier molecular flexibility index (Phi) is 3.22. The Labute approximate surface area is 124 Å². The summed E-state index contributed by atoms with van der Waals surface area (Å²) in [6.07, 6.45) is 0. The third-order valence-corrected chi connectivity index (χ3v) is 4.08. The fraction of sp³-hybridized carbons (Fsp3) is 0. The van der Waals surface area contributed by atoms with Gasteiger partial charge >= 0.3 is 0 Å². The summed E-state index contributed by atoms with van der Waals surface area (Å²) in [7, 11) is 0. The van der Waals surface area contributed by atoms with Gasteiger partial charge in [0.1, 0.15) is 0 Å². The predicted molar refractivity (Wildman–Crippen MR) is 83.8 cm³/mol. The van der Waals surface area contributed by atoms with Crippen LogP contribution in [-0.2, 0) is 0 Å². The van der Waals surface area contributed by atoms with Crippen molar-refractivity contribution in [2.75, 3.05) is 11.1 Å². The highest BCUT2D eigenvalue weighted by Crippen LogP contribution is 2.33. The number of rotatable bonds is 2. The first-order valence-electron chi connectivity index (χ1n) is 5.50. The van der Waals surface area contributed by atoms with Crippen molar-refractivity contribution in [3.05, 3.63) is 46.4 Å². The SMILES string of the molecule is Nc1ccc2nc(Nc3cc(Cl)ccc3Cl)sc2c1. The van der Waals surface area contributed by atoms with E-state index in [1.54, 1.807) is 18.2 Å². The van der Waals surface area contributed by atoms with Crippen LogP contribution in [0.25, 0.3) is 10.2 Å². The number of nitrogens with zero attached hydrogens (tertiary/aromatic N) is 1. The predicted octanol–water partition coefficient (Wildman–Crippen LogP) is 4.93.